The molecule has 2 fully saturated rings. The predicted octanol–water partition coefficient (Wildman–Crippen LogP) is 4.59. The number of pyridine rings is 1. The molecule has 0 spiro atoms. The molecule has 2 heterocycles. The number of aromatic nitrogens is 1. The molecule has 6 nitrogen and oxygen atoms in total. The third-order valence-corrected chi connectivity index (χ3v) is 6.53. The monoisotopic (exact) mass is 414 g/mol. The maximum Gasteiger partial charge on any atom is 0.336 e. The van der Waals surface area contributed by atoms with Crippen molar-refractivity contribution in [3.8, 4) is 11.3 Å². The van der Waals surface area contributed by atoms with E-state index in [1.54, 1.807) is 36.4 Å². The van der Waals surface area contributed by atoms with Crippen molar-refractivity contribution in [3.63, 3.8) is 0 Å². The molecule has 0 bridgehead atoms. The average molecular weight is 414 g/mol. The predicted molar refractivity (Wildman–Crippen MR) is 117 cm³/mol. The number of hydrogen-bond acceptors (Lipinski definition) is 4. The summed E-state index contributed by atoms with van der Waals surface area (Å²) in [6.45, 7) is 1.90. The number of carboxylic acid groups (broad SMARTS) is 1. The van der Waals surface area contributed by atoms with Crippen LogP contribution < -0.4 is 4.90 Å². The molecule has 2 aliphatic rings. The molecule has 1 saturated carbocycles. The number of fused-ring (bicyclic) bond motifs is 2. The van der Waals surface area contributed by atoms with Gasteiger partial charge in [0, 0.05) is 10.9 Å². The van der Waals surface area contributed by atoms with E-state index in [4.69, 9.17) is 4.98 Å². The number of para-hydroxylation sites is 1. The fraction of sp³-hybridized carbons (Fsp3) is 0.280. The first-order valence-corrected chi connectivity index (χ1v) is 10.6. The van der Waals surface area contributed by atoms with Crippen LogP contribution in [0.4, 0.5) is 5.69 Å². The molecule has 1 N–H and O–H groups in total. The highest BCUT2D eigenvalue weighted by atomic mass is 16.4. The van der Waals surface area contributed by atoms with Crippen molar-refractivity contribution in [2.24, 2.45) is 11.8 Å². The highest BCUT2D eigenvalue weighted by molar-refractivity contribution is 6.22. The van der Waals surface area contributed by atoms with Crippen molar-refractivity contribution in [2.45, 2.75) is 32.6 Å². The molecule has 1 saturated heterocycles. The van der Waals surface area contributed by atoms with Crippen LogP contribution in [0.15, 0.2) is 48.5 Å². The molecule has 6 heteroatoms. The molecule has 2 unspecified atom stereocenters. The van der Waals surface area contributed by atoms with Crippen molar-refractivity contribution in [1.82, 2.24) is 4.98 Å². The molecule has 1 aliphatic carbocycles. The van der Waals surface area contributed by atoms with Crippen LogP contribution in [0.5, 0.6) is 0 Å². The summed E-state index contributed by atoms with van der Waals surface area (Å²) in [5.41, 5.74) is 3.57. The number of aryl methyl sites for hydroxylation is 1. The van der Waals surface area contributed by atoms with Gasteiger partial charge in [0.05, 0.1) is 34.3 Å². The van der Waals surface area contributed by atoms with E-state index in [2.05, 4.69) is 0 Å². The molecule has 2 amide bonds. The summed E-state index contributed by atoms with van der Waals surface area (Å²) < 4.78 is 0. The molecule has 2 atom stereocenters. The van der Waals surface area contributed by atoms with Crippen LogP contribution in [0.1, 0.15) is 41.6 Å². The second-order valence-electron chi connectivity index (χ2n) is 8.39. The quantitative estimate of drug-likeness (QED) is 0.634. The van der Waals surface area contributed by atoms with Gasteiger partial charge in [-0.25, -0.2) is 9.78 Å². The molecule has 5 rings (SSSR count). The summed E-state index contributed by atoms with van der Waals surface area (Å²) >= 11 is 0. The highest BCUT2D eigenvalue weighted by Gasteiger charge is 2.48. The van der Waals surface area contributed by atoms with Crippen LogP contribution in [0.2, 0.25) is 0 Å². The fourth-order valence-corrected chi connectivity index (χ4v) is 4.91. The first kappa shape index (κ1) is 19.4. The van der Waals surface area contributed by atoms with Crippen LogP contribution in [-0.2, 0) is 9.59 Å². The SMILES string of the molecule is Cc1cccc2c(C(=O)O)cc(-c3ccc(N4C(=O)C5CCCCC5C4=O)cc3)nc12. The number of hydrogen-bond donors (Lipinski definition) is 1. The van der Waals surface area contributed by atoms with Gasteiger partial charge < -0.3 is 5.11 Å². The summed E-state index contributed by atoms with van der Waals surface area (Å²) in [5, 5.41) is 10.3. The van der Waals surface area contributed by atoms with Gasteiger partial charge in [0.15, 0.2) is 0 Å². The zero-order valence-corrected chi connectivity index (χ0v) is 17.2. The molecule has 1 aliphatic heterocycles. The van der Waals surface area contributed by atoms with Gasteiger partial charge >= 0.3 is 5.97 Å². The Morgan fingerprint density at radius 3 is 2.26 bits per heavy atom. The Hall–Kier alpha value is -3.54. The molecule has 2 aromatic carbocycles. The highest BCUT2D eigenvalue weighted by Crippen LogP contribution is 2.40. The summed E-state index contributed by atoms with van der Waals surface area (Å²) in [6.07, 6.45) is 3.54. The molecule has 1 aromatic heterocycles. The minimum absolute atomic E-state index is 0.102. The Balaban J connectivity index is 1.53. The van der Waals surface area contributed by atoms with E-state index < -0.39 is 5.97 Å². The second-order valence-corrected chi connectivity index (χ2v) is 8.39. The first-order chi connectivity index (χ1) is 15.0. The lowest BCUT2D eigenvalue weighted by atomic mass is 9.81. The molecule has 31 heavy (non-hydrogen) atoms. The van der Waals surface area contributed by atoms with Gasteiger partial charge in [0.25, 0.3) is 0 Å². The lowest BCUT2D eigenvalue weighted by Crippen LogP contribution is -2.30. The van der Waals surface area contributed by atoms with Gasteiger partial charge in [0.1, 0.15) is 0 Å². The third-order valence-electron chi connectivity index (χ3n) is 6.53. The average Bonchev–Trinajstić information content (AvgIpc) is 3.04. The van der Waals surface area contributed by atoms with E-state index >= 15 is 0 Å². The van der Waals surface area contributed by atoms with Crippen LogP contribution >= 0.6 is 0 Å². The van der Waals surface area contributed by atoms with E-state index in [-0.39, 0.29) is 29.2 Å². The van der Waals surface area contributed by atoms with Crippen LogP contribution in [-0.4, -0.2) is 27.9 Å². The maximum absolute atomic E-state index is 12.8. The Labute approximate surface area is 179 Å². The first-order valence-electron chi connectivity index (χ1n) is 10.6. The lowest BCUT2D eigenvalue weighted by molar-refractivity contribution is -0.122. The normalized spacial score (nSPS) is 20.9. The number of carboxylic acids is 1. The van der Waals surface area contributed by atoms with Crippen LogP contribution in [0.25, 0.3) is 22.2 Å². The van der Waals surface area contributed by atoms with E-state index in [0.717, 1.165) is 36.8 Å². The smallest absolute Gasteiger partial charge is 0.336 e. The van der Waals surface area contributed by atoms with Crippen molar-refractivity contribution >= 4 is 34.4 Å². The number of amides is 2. The number of rotatable bonds is 3. The number of nitrogens with zero attached hydrogens (tertiary/aromatic N) is 2. The van der Waals surface area contributed by atoms with E-state index in [9.17, 15) is 19.5 Å². The number of aromatic carboxylic acids is 1. The van der Waals surface area contributed by atoms with Gasteiger partial charge in [-0.2, -0.15) is 0 Å². The van der Waals surface area contributed by atoms with Gasteiger partial charge in [0.2, 0.25) is 11.8 Å². The van der Waals surface area contributed by atoms with Crippen LogP contribution in [0, 0.1) is 18.8 Å². The zero-order valence-electron chi connectivity index (χ0n) is 17.2. The summed E-state index contributed by atoms with van der Waals surface area (Å²) in [6, 6.07) is 14.1. The van der Waals surface area contributed by atoms with E-state index in [1.807, 2.05) is 19.1 Å². The van der Waals surface area contributed by atoms with E-state index in [1.165, 1.54) is 4.90 Å². The topological polar surface area (TPSA) is 87.6 Å². The van der Waals surface area contributed by atoms with Gasteiger partial charge in [-0.1, -0.05) is 43.2 Å². The number of carbonyl (C=O) groups is 3. The van der Waals surface area contributed by atoms with Crippen molar-refractivity contribution in [2.75, 3.05) is 4.90 Å². The second kappa shape index (κ2) is 7.30. The number of anilines is 1. The zero-order chi connectivity index (χ0) is 21.7. The van der Waals surface area contributed by atoms with Gasteiger partial charge in [-0.15, -0.1) is 0 Å². The largest absolute Gasteiger partial charge is 0.478 e. The Morgan fingerprint density at radius 1 is 1.00 bits per heavy atom. The Kier molecular flexibility index (Phi) is 4.58. The van der Waals surface area contributed by atoms with Crippen molar-refractivity contribution < 1.29 is 19.5 Å². The van der Waals surface area contributed by atoms with Gasteiger partial charge in [-0.05, 0) is 43.5 Å². The molecular weight excluding hydrogens is 392 g/mol. The summed E-state index contributed by atoms with van der Waals surface area (Å²) in [5.74, 6) is -1.59. The lowest BCUT2D eigenvalue weighted by Gasteiger charge is -2.19. The Bertz CT molecular complexity index is 1210. The van der Waals surface area contributed by atoms with Crippen molar-refractivity contribution in [1.29, 1.82) is 0 Å². The van der Waals surface area contributed by atoms with Gasteiger partial charge in [-0.3, -0.25) is 14.5 Å². The van der Waals surface area contributed by atoms with Crippen molar-refractivity contribution in [3.05, 3.63) is 59.7 Å². The maximum atomic E-state index is 12.8. The third kappa shape index (κ3) is 3.10. The number of benzene rings is 2. The van der Waals surface area contributed by atoms with Crippen LogP contribution in [0.3, 0.4) is 0 Å². The Morgan fingerprint density at radius 2 is 1.65 bits per heavy atom. The summed E-state index contributed by atoms with van der Waals surface area (Å²) in [4.78, 5) is 43.5. The molecular formula is C25H22N2O4. The minimum atomic E-state index is -1.01. The molecule has 3 aromatic rings. The summed E-state index contributed by atoms with van der Waals surface area (Å²) in [7, 11) is 0. The standard InChI is InChI=1S/C25H22N2O4/c1-14-5-4-8-17-20(25(30)31)13-21(26-22(14)17)15-9-11-16(12-10-15)27-23(28)18-6-2-3-7-19(18)24(27)29/h4-5,8-13,18-19H,2-3,6-7H2,1H3,(H,30,31). The number of carbonyl (C=O) groups excluding carboxylic acids is 2. The molecule has 156 valence electrons. The minimum Gasteiger partial charge on any atom is -0.478 e. The fourth-order valence-electron chi connectivity index (χ4n) is 4.91. The number of imide groups is 1. The van der Waals surface area contributed by atoms with E-state index in [0.29, 0.717) is 22.3 Å². The molecule has 0 radical (unpaired) electrons.